The number of benzene rings is 1. The van der Waals surface area contributed by atoms with Crippen molar-refractivity contribution in [2.45, 2.75) is 59.9 Å². The highest BCUT2D eigenvalue weighted by Gasteiger charge is 2.12. The Kier molecular flexibility index (Phi) is 7.22. The van der Waals surface area contributed by atoms with Crippen molar-refractivity contribution < 1.29 is 4.39 Å². The Labute approximate surface area is 124 Å². The van der Waals surface area contributed by atoms with Gasteiger partial charge < -0.3 is 5.32 Å². The molecular formula is C18H30FN. The zero-order chi connectivity index (χ0) is 15.1. The van der Waals surface area contributed by atoms with Crippen LogP contribution in [0.15, 0.2) is 18.2 Å². The molecule has 0 aliphatic rings. The molecule has 0 aliphatic carbocycles. The van der Waals surface area contributed by atoms with Crippen LogP contribution in [0.1, 0.15) is 51.7 Å². The summed E-state index contributed by atoms with van der Waals surface area (Å²) in [6.45, 7) is 12.1. The molecule has 0 aliphatic heterocycles. The monoisotopic (exact) mass is 279 g/mol. The van der Waals surface area contributed by atoms with E-state index in [1.807, 2.05) is 13.0 Å². The van der Waals surface area contributed by atoms with Crippen molar-refractivity contribution in [3.63, 3.8) is 0 Å². The molecule has 0 fully saturated rings. The fourth-order valence-electron chi connectivity index (χ4n) is 2.75. The highest BCUT2D eigenvalue weighted by molar-refractivity contribution is 5.26. The highest BCUT2D eigenvalue weighted by Crippen LogP contribution is 2.14. The predicted molar refractivity (Wildman–Crippen MR) is 85.5 cm³/mol. The van der Waals surface area contributed by atoms with Gasteiger partial charge >= 0.3 is 0 Å². The molecule has 2 heteroatoms. The van der Waals surface area contributed by atoms with Crippen LogP contribution < -0.4 is 5.32 Å². The minimum atomic E-state index is -0.142. The minimum Gasteiger partial charge on any atom is -0.314 e. The van der Waals surface area contributed by atoms with Crippen molar-refractivity contribution in [1.29, 1.82) is 0 Å². The maximum Gasteiger partial charge on any atom is 0.123 e. The molecule has 1 aromatic rings. The number of halogens is 1. The number of hydrogen-bond acceptors (Lipinski definition) is 1. The van der Waals surface area contributed by atoms with Crippen LogP contribution in [0.4, 0.5) is 4.39 Å². The van der Waals surface area contributed by atoms with Gasteiger partial charge in [0, 0.05) is 6.04 Å². The summed E-state index contributed by atoms with van der Waals surface area (Å²) in [7, 11) is 0. The molecule has 0 aromatic heterocycles. The largest absolute Gasteiger partial charge is 0.314 e. The molecule has 0 amide bonds. The van der Waals surface area contributed by atoms with Crippen molar-refractivity contribution in [2.24, 2.45) is 11.8 Å². The normalized spacial score (nSPS) is 11.8. The average Bonchev–Trinajstić information content (AvgIpc) is 2.30. The van der Waals surface area contributed by atoms with Crippen molar-refractivity contribution >= 4 is 0 Å². The van der Waals surface area contributed by atoms with Crippen LogP contribution in [0.5, 0.6) is 0 Å². The molecule has 0 bridgehead atoms. The van der Waals surface area contributed by atoms with E-state index in [2.05, 4.69) is 33.0 Å². The average molecular weight is 279 g/mol. The first-order chi connectivity index (χ1) is 9.38. The van der Waals surface area contributed by atoms with Gasteiger partial charge in [0.2, 0.25) is 0 Å². The molecule has 1 rings (SSSR count). The maximum atomic E-state index is 13.1. The van der Waals surface area contributed by atoms with E-state index in [4.69, 9.17) is 0 Å². The van der Waals surface area contributed by atoms with Gasteiger partial charge in [-0.25, -0.2) is 4.39 Å². The van der Waals surface area contributed by atoms with Gasteiger partial charge in [-0.2, -0.15) is 0 Å². The first-order valence-electron chi connectivity index (χ1n) is 7.87. The lowest BCUT2D eigenvalue weighted by atomic mass is 9.95. The Morgan fingerprint density at radius 3 is 2.15 bits per heavy atom. The van der Waals surface area contributed by atoms with E-state index in [-0.39, 0.29) is 5.82 Å². The second kappa shape index (κ2) is 8.41. The number of aryl methyl sites for hydroxylation is 1. The van der Waals surface area contributed by atoms with E-state index in [1.165, 1.54) is 18.4 Å². The van der Waals surface area contributed by atoms with Crippen LogP contribution in [0.3, 0.4) is 0 Å². The lowest BCUT2D eigenvalue weighted by Crippen LogP contribution is -2.33. The number of nitrogens with one attached hydrogen (secondary N) is 1. The lowest BCUT2D eigenvalue weighted by Gasteiger charge is -2.22. The Morgan fingerprint density at radius 1 is 1.05 bits per heavy atom. The zero-order valence-corrected chi connectivity index (χ0v) is 13.7. The highest BCUT2D eigenvalue weighted by atomic mass is 19.1. The lowest BCUT2D eigenvalue weighted by molar-refractivity contribution is 0.361. The molecule has 0 atom stereocenters. The summed E-state index contributed by atoms with van der Waals surface area (Å²) in [6.07, 6.45) is 3.42. The summed E-state index contributed by atoms with van der Waals surface area (Å²) >= 11 is 0. The Bertz CT molecular complexity index is 388. The predicted octanol–water partition coefficient (Wildman–Crippen LogP) is 4.73. The molecule has 0 radical (unpaired) electrons. The zero-order valence-electron chi connectivity index (χ0n) is 13.7. The third-order valence-electron chi connectivity index (χ3n) is 3.64. The quantitative estimate of drug-likeness (QED) is 0.725. The van der Waals surface area contributed by atoms with Crippen molar-refractivity contribution in [2.75, 3.05) is 6.54 Å². The van der Waals surface area contributed by atoms with Gasteiger partial charge in [-0.1, -0.05) is 33.8 Å². The van der Waals surface area contributed by atoms with Gasteiger partial charge in [0.1, 0.15) is 5.82 Å². The smallest absolute Gasteiger partial charge is 0.123 e. The van der Waals surface area contributed by atoms with Gasteiger partial charge in [0.05, 0.1) is 0 Å². The molecule has 0 saturated heterocycles. The third kappa shape index (κ3) is 6.51. The topological polar surface area (TPSA) is 12.0 Å². The second-order valence-corrected chi connectivity index (χ2v) is 6.73. The fraction of sp³-hybridized carbons (Fsp3) is 0.667. The molecule has 0 saturated carbocycles. The summed E-state index contributed by atoms with van der Waals surface area (Å²) in [5.41, 5.74) is 2.29. The van der Waals surface area contributed by atoms with Gasteiger partial charge in [0.15, 0.2) is 0 Å². The summed E-state index contributed by atoms with van der Waals surface area (Å²) in [5.74, 6) is 1.30. The molecule has 0 spiro atoms. The van der Waals surface area contributed by atoms with Crippen molar-refractivity contribution in [3.05, 3.63) is 35.1 Å². The Balaban J connectivity index is 2.46. The van der Waals surface area contributed by atoms with Gasteiger partial charge in [-0.3, -0.25) is 0 Å². The Morgan fingerprint density at radius 2 is 1.65 bits per heavy atom. The molecule has 1 aromatic carbocycles. The molecule has 0 heterocycles. The summed E-state index contributed by atoms with van der Waals surface area (Å²) < 4.78 is 13.1. The standard InChI is InChI=1S/C18H30FN/c1-13(2)10-18(11-14(3)4)20-9-8-16-6-7-17(19)12-15(16)5/h6-7,12-14,18,20H,8-11H2,1-5H3. The molecule has 20 heavy (non-hydrogen) atoms. The number of rotatable bonds is 8. The van der Waals surface area contributed by atoms with Crippen molar-refractivity contribution in [1.82, 2.24) is 5.32 Å². The van der Waals surface area contributed by atoms with Crippen molar-refractivity contribution in [3.8, 4) is 0 Å². The van der Waals surface area contributed by atoms with E-state index >= 15 is 0 Å². The van der Waals surface area contributed by atoms with E-state index < -0.39 is 0 Å². The van der Waals surface area contributed by atoms with Crippen LogP contribution in [0.25, 0.3) is 0 Å². The van der Waals surface area contributed by atoms with E-state index in [1.54, 1.807) is 12.1 Å². The third-order valence-corrected chi connectivity index (χ3v) is 3.64. The molecule has 114 valence electrons. The molecular weight excluding hydrogens is 249 g/mol. The molecule has 1 N–H and O–H groups in total. The van der Waals surface area contributed by atoms with Crippen LogP contribution >= 0.6 is 0 Å². The molecule has 0 unspecified atom stereocenters. The summed E-state index contributed by atoms with van der Waals surface area (Å²) in [6, 6.07) is 5.68. The summed E-state index contributed by atoms with van der Waals surface area (Å²) in [4.78, 5) is 0. The SMILES string of the molecule is Cc1cc(F)ccc1CCNC(CC(C)C)CC(C)C. The first-order valence-corrected chi connectivity index (χ1v) is 7.87. The van der Waals surface area contributed by atoms with E-state index in [9.17, 15) is 4.39 Å². The Hall–Kier alpha value is -0.890. The van der Waals surface area contributed by atoms with Gasteiger partial charge in [-0.05, 0) is 67.8 Å². The van der Waals surface area contributed by atoms with Crippen LogP contribution in [0, 0.1) is 24.6 Å². The second-order valence-electron chi connectivity index (χ2n) is 6.73. The number of hydrogen-bond donors (Lipinski definition) is 1. The van der Waals surface area contributed by atoms with E-state index in [0.717, 1.165) is 30.4 Å². The summed E-state index contributed by atoms with van der Waals surface area (Å²) in [5, 5.41) is 3.68. The van der Waals surface area contributed by atoms with Gasteiger partial charge in [0.25, 0.3) is 0 Å². The van der Waals surface area contributed by atoms with Crippen LogP contribution in [-0.2, 0) is 6.42 Å². The fourth-order valence-corrected chi connectivity index (χ4v) is 2.75. The van der Waals surface area contributed by atoms with Gasteiger partial charge in [-0.15, -0.1) is 0 Å². The first kappa shape index (κ1) is 17.2. The minimum absolute atomic E-state index is 0.142. The van der Waals surface area contributed by atoms with Crippen LogP contribution in [-0.4, -0.2) is 12.6 Å². The maximum absolute atomic E-state index is 13.1. The molecule has 1 nitrogen and oxygen atoms in total. The van der Waals surface area contributed by atoms with Crippen LogP contribution in [0.2, 0.25) is 0 Å². The van der Waals surface area contributed by atoms with E-state index in [0.29, 0.717) is 6.04 Å².